The number of fused-ring (bicyclic) bond motifs is 1. The number of aromatic nitrogens is 4. The first-order valence-electron chi connectivity index (χ1n) is 6.30. The molecule has 5 nitrogen and oxygen atoms in total. The second kappa shape index (κ2) is 5.36. The van der Waals surface area contributed by atoms with E-state index in [2.05, 4.69) is 38.6 Å². The van der Waals surface area contributed by atoms with Gasteiger partial charge >= 0.3 is 0 Å². The van der Waals surface area contributed by atoms with Crippen molar-refractivity contribution >= 4 is 27.4 Å². The molecule has 0 aliphatic carbocycles. The van der Waals surface area contributed by atoms with E-state index in [4.69, 9.17) is 0 Å². The largest absolute Gasteiger partial charge is 0.369 e. The van der Waals surface area contributed by atoms with E-state index in [-0.39, 0.29) is 0 Å². The van der Waals surface area contributed by atoms with E-state index in [0.29, 0.717) is 6.54 Å². The number of hydrogen-bond acceptors (Lipinski definition) is 5. The van der Waals surface area contributed by atoms with Crippen LogP contribution < -0.4 is 5.32 Å². The Kier molecular flexibility index (Phi) is 3.41. The van der Waals surface area contributed by atoms with E-state index in [1.54, 1.807) is 23.9 Å². The second-order valence-corrected chi connectivity index (χ2v) is 5.18. The summed E-state index contributed by atoms with van der Waals surface area (Å²) in [5.74, 6) is 1.75. The second-order valence-electron chi connectivity index (χ2n) is 4.29. The maximum atomic E-state index is 4.62. The third kappa shape index (κ3) is 2.58. The van der Waals surface area contributed by atoms with Crippen LogP contribution in [0, 0.1) is 0 Å². The molecule has 19 heavy (non-hydrogen) atoms. The minimum atomic E-state index is 0.647. The SMILES string of the molecule is CCCNc1nc(Cn2ccnc2)nc2sccc12. The lowest BCUT2D eigenvalue weighted by molar-refractivity contribution is 0.749. The van der Waals surface area contributed by atoms with Crippen molar-refractivity contribution in [3.05, 3.63) is 36.0 Å². The zero-order valence-corrected chi connectivity index (χ0v) is 11.5. The molecular formula is C13H15N5S. The number of nitrogens with one attached hydrogen (secondary N) is 1. The fourth-order valence-electron chi connectivity index (χ4n) is 1.89. The Labute approximate surface area is 115 Å². The summed E-state index contributed by atoms with van der Waals surface area (Å²) in [6, 6.07) is 2.07. The molecule has 0 amide bonds. The molecule has 3 heterocycles. The fourth-order valence-corrected chi connectivity index (χ4v) is 2.67. The fraction of sp³-hybridized carbons (Fsp3) is 0.308. The lowest BCUT2D eigenvalue weighted by Crippen LogP contribution is -2.07. The predicted octanol–water partition coefficient (Wildman–Crippen LogP) is 2.76. The van der Waals surface area contributed by atoms with Gasteiger partial charge in [0.05, 0.1) is 18.3 Å². The number of thiophene rings is 1. The Morgan fingerprint density at radius 2 is 2.32 bits per heavy atom. The zero-order chi connectivity index (χ0) is 13.1. The van der Waals surface area contributed by atoms with Crippen molar-refractivity contribution in [1.29, 1.82) is 0 Å². The standard InChI is InChI=1S/C13H15N5S/c1-2-4-15-12-10-3-7-19-13(10)17-11(16-12)8-18-6-5-14-9-18/h3,5-7,9H,2,4,8H2,1H3,(H,15,16,17). The molecule has 3 aromatic heterocycles. The van der Waals surface area contributed by atoms with Gasteiger partial charge in [-0.15, -0.1) is 11.3 Å². The summed E-state index contributed by atoms with van der Waals surface area (Å²) in [7, 11) is 0. The van der Waals surface area contributed by atoms with Crippen molar-refractivity contribution in [3.63, 3.8) is 0 Å². The Morgan fingerprint density at radius 1 is 1.37 bits per heavy atom. The minimum Gasteiger partial charge on any atom is -0.369 e. The van der Waals surface area contributed by atoms with Gasteiger partial charge in [0.25, 0.3) is 0 Å². The van der Waals surface area contributed by atoms with Gasteiger partial charge in [-0.25, -0.2) is 15.0 Å². The first-order chi connectivity index (χ1) is 9.36. The number of imidazole rings is 1. The summed E-state index contributed by atoms with van der Waals surface area (Å²) in [6.07, 6.45) is 6.54. The van der Waals surface area contributed by atoms with Crippen LogP contribution in [0.4, 0.5) is 5.82 Å². The van der Waals surface area contributed by atoms with Crippen molar-refractivity contribution in [1.82, 2.24) is 19.5 Å². The minimum absolute atomic E-state index is 0.647. The topological polar surface area (TPSA) is 55.6 Å². The van der Waals surface area contributed by atoms with E-state index in [0.717, 1.165) is 34.8 Å². The molecule has 3 aromatic rings. The van der Waals surface area contributed by atoms with Gasteiger partial charge in [-0.3, -0.25) is 0 Å². The summed E-state index contributed by atoms with van der Waals surface area (Å²) in [5.41, 5.74) is 0. The molecule has 6 heteroatoms. The molecule has 0 unspecified atom stereocenters. The van der Waals surface area contributed by atoms with Gasteiger partial charge in [-0.2, -0.15) is 0 Å². The average Bonchev–Trinajstić information content (AvgIpc) is 3.06. The third-order valence-corrected chi connectivity index (χ3v) is 3.60. The monoisotopic (exact) mass is 273 g/mol. The Hall–Kier alpha value is -1.95. The molecular weight excluding hydrogens is 258 g/mol. The predicted molar refractivity (Wildman–Crippen MR) is 77.5 cm³/mol. The molecule has 0 aromatic carbocycles. The van der Waals surface area contributed by atoms with Crippen molar-refractivity contribution in [2.24, 2.45) is 0 Å². The van der Waals surface area contributed by atoms with Crippen LogP contribution >= 0.6 is 11.3 Å². The van der Waals surface area contributed by atoms with Gasteiger partial charge in [0.1, 0.15) is 10.6 Å². The number of rotatable bonds is 5. The molecule has 3 rings (SSSR count). The molecule has 0 aliphatic heterocycles. The molecule has 0 radical (unpaired) electrons. The van der Waals surface area contributed by atoms with E-state index in [1.807, 2.05) is 10.8 Å². The molecule has 98 valence electrons. The van der Waals surface area contributed by atoms with Gasteiger partial charge in [-0.05, 0) is 17.9 Å². The van der Waals surface area contributed by atoms with Gasteiger partial charge in [0, 0.05) is 18.9 Å². The number of anilines is 1. The first-order valence-corrected chi connectivity index (χ1v) is 7.18. The van der Waals surface area contributed by atoms with Crippen LogP contribution in [0.3, 0.4) is 0 Å². The highest BCUT2D eigenvalue weighted by molar-refractivity contribution is 7.16. The van der Waals surface area contributed by atoms with Crippen LogP contribution in [0.1, 0.15) is 19.2 Å². The molecule has 0 spiro atoms. The highest BCUT2D eigenvalue weighted by Gasteiger charge is 2.08. The van der Waals surface area contributed by atoms with E-state index in [9.17, 15) is 0 Å². The smallest absolute Gasteiger partial charge is 0.152 e. The highest BCUT2D eigenvalue weighted by atomic mass is 32.1. The summed E-state index contributed by atoms with van der Waals surface area (Å²) >= 11 is 1.65. The molecule has 1 N–H and O–H groups in total. The van der Waals surface area contributed by atoms with E-state index < -0.39 is 0 Å². The maximum Gasteiger partial charge on any atom is 0.152 e. The van der Waals surface area contributed by atoms with Crippen LogP contribution in [0.25, 0.3) is 10.2 Å². The van der Waals surface area contributed by atoms with Crippen molar-refractivity contribution < 1.29 is 0 Å². The molecule has 0 aliphatic rings. The van der Waals surface area contributed by atoms with Crippen LogP contribution in [-0.2, 0) is 6.54 Å². The molecule has 0 bridgehead atoms. The van der Waals surface area contributed by atoms with Crippen LogP contribution in [0.2, 0.25) is 0 Å². The molecule has 0 saturated carbocycles. The Morgan fingerprint density at radius 3 is 3.11 bits per heavy atom. The van der Waals surface area contributed by atoms with Gasteiger partial charge in [0.15, 0.2) is 5.82 Å². The molecule has 0 saturated heterocycles. The van der Waals surface area contributed by atoms with Gasteiger partial charge < -0.3 is 9.88 Å². The Balaban J connectivity index is 1.95. The van der Waals surface area contributed by atoms with Crippen molar-refractivity contribution in [3.8, 4) is 0 Å². The summed E-state index contributed by atoms with van der Waals surface area (Å²) in [6.45, 7) is 3.71. The number of hydrogen-bond donors (Lipinski definition) is 1. The van der Waals surface area contributed by atoms with Crippen molar-refractivity contribution in [2.75, 3.05) is 11.9 Å². The number of nitrogens with zero attached hydrogens (tertiary/aromatic N) is 4. The van der Waals surface area contributed by atoms with Crippen LogP contribution in [0.5, 0.6) is 0 Å². The Bertz CT molecular complexity index is 659. The molecule has 0 atom stereocenters. The molecule has 0 fully saturated rings. The van der Waals surface area contributed by atoms with Gasteiger partial charge in [-0.1, -0.05) is 6.92 Å². The average molecular weight is 273 g/mol. The van der Waals surface area contributed by atoms with Gasteiger partial charge in [0.2, 0.25) is 0 Å². The summed E-state index contributed by atoms with van der Waals surface area (Å²) in [5, 5.41) is 6.53. The first kappa shape index (κ1) is 12.1. The summed E-state index contributed by atoms with van der Waals surface area (Å²) in [4.78, 5) is 14.3. The normalized spacial score (nSPS) is 11.0. The third-order valence-electron chi connectivity index (χ3n) is 2.80. The van der Waals surface area contributed by atoms with Crippen molar-refractivity contribution in [2.45, 2.75) is 19.9 Å². The van der Waals surface area contributed by atoms with E-state index in [1.165, 1.54) is 0 Å². The highest BCUT2D eigenvalue weighted by Crippen LogP contribution is 2.25. The lowest BCUT2D eigenvalue weighted by Gasteiger charge is -2.08. The quantitative estimate of drug-likeness (QED) is 0.776. The van der Waals surface area contributed by atoms with Crippen LogP contribution in [-0.4, -0.2) is 26.1 Å². The maximum absolute atomic E-state index is 4.62. The summed E-state index contributed by atoms with van der Waals surface area (Å²) < 4.78 is 1.97. The van der Waals surface area contributed by atoms with Crippen LogP contribution in [0.15, 0.2) is 30.2 Å². The zero-order valence-electron chi connectivity index (χ0n) is 10.7. The van der Waals surface area contributed by atoms with E-state index >= 15 is 0 Å². The lowest BCUT2D eigenvalue weighted by atomic mass is 10.3.